The number of benzene rings is 2. The number of hydrogen-bond acceptors (Lipinski definition) is 7. The predicted octanol–water partition coefficient (Wildman–Crippen LogP) is 4.65. The molecular formula is C23H18Cl2FN3O5. The van der Waals surface area contributed by atoms with Crippen molar-refractivity contribution in [1.29, 1.82) is 0 Å². The number of halogens is 3. The molecule has 0 aliphatic carbocycles. The van der Waals surface area contributed by atoms with Crippen LogP contribution in [0.3, 0.4) is 0 Å². The van der Waals surface area contributed by atoms with Gasteiger partial charge in [0, 0.05) is 23.2 Å². The summed E-state index contributed by atoms with van der Waals surface area (Å²) in [6, 6.07) is 8.73. The molecule has 0 radical (unpaired) electrons. The summed E-state index contributed by atoms with van der Waals surface area (Å²) in [5.74, 6) is -0.290. The molecule has 11 heteroatoms. The van der Waals surface area contributed by atoms with E-state index in [0.717, 1.165) is 6.07 Å². The first-order valence-electron chi connectivity index (χ1n) is 10.2. The number of carbonyl (C=O) groups is 2. The van der Waals surface area contributed by atoms with Gasteiger partial charge in [0.1, 0.15) is 17.3 Å². The second kappa shape index (κ2) is 10.2. The van der Waals surface area contributed by atoms with E-state index in [-0.39, 0.29) is 47.9 Å². The van der Waals surface area contributed by atoms with Gasteiger partial charge in [0.25, 0.3) is 11.8 Å². The van der Waals surface area contributed by atoms with Crippen LogP contribution in [0, 0.1) is 5.82 Å². The highest BCUT2D eigenvalue weighted by Crippen LogP contribution is 2.30. The number of amides is 1. The molecule has 1 N–H and O–H groups in total. The Labute approximate surface area is 203 Å². The van der Waals surface area contributed by atoms with Gasteiger partial charge < -0.3 is 19.2 Å². The predicted molar refractivity (Wildman–Crippen MR) is 122 cm³/mol. The largest absolute Gasteiger partial charge is 0.484 e. The van der Waals surface area contributed by atoms with Crippen LogP contribution in [-0.4, -0.2) is 34.5 Å². The molecule has 0 bridgehead atoms. The Bertz CT molecular complexity index is 1260. The van der Waals surface area contributed by atoms with Crippen molar-refractivity contribution >= 4 is 40.5 Å². The van der Waals surface area contributed by atoms with E-state index in [9.17, 15) is 14.0 Å². The maximum absolute atomic E-state index is 13.5. The van der Waals surface area contributed by atoms with Gasteiger partial charge in [-0.15, -0.1) is 10.2 Å². The van der Waals surface area contributed by atoms with Crippen molar-refractivity contribution in [3.8, 4) is 11.5 Å². The molecule has 2 aromatic carbocycles. The SMILES string of the molecule is C=C(CCNC(=O)[C@H]1CC(=O)c2cc(Cl)ccc2O1)c1nnc(COc2ccc(Cl)c(F)c2)o1. The van der Waals surface area contributed by atoms with Gasteiger partial charge in [-0.05, 0) is 36.8 Å². The molecule has 34 heavy (non-hydrogen) atoms. The molecule has 0 fully saturated rings. The van der Waals surface area contributed by atoms with E-state index in [0.29, 0.717) is 28.3 Å². The zero-order valence-corrected chi connectivity index (χ0v) is 19.2. The molecule has 1 aliphatic heterocycles. The van der Waals surface area contributed by atoms with E-state index in [1.54, 1.807) is 12.1 Å². The third-order valence-electron chi connectivity index (χ3n) is 4.92. The second-order valence-electron chi connectivity index (χ2n) is 7.38. The summed E-state index contributed by atoms with van der Waals surface area (Å²) in [5, 5.41) is 10.9. The summed E-state index contributed by atoms with van der Waals surface area (Å²) in [6.07, 6.45) is -0.687. The van der Waals surface area contributed by atoms with Crippen molar-refractivity contribution in [1.82, 2.24) is 15.5 Å². The van der Waals surface area contributed by atoms with Crippen LogP contribution in [0.1, 0.15) is 35.0 Å². The van der Waals surface area contributed by atoms with Crippen molar-refractivity contribution in [2.75, 3.05) is 6.54 Å². The molecule has 0 saturated carbocycles. The summed E-state index contributed by atoms with van der Waals surface area (Å²) in [7, 11) is 0. The lowest BCUT2D eigenvalue weighted by molar-refractivity contribution is -0.128. The maximum Gasteiger partial charge on any atom is 0.261 e. The normalized spacial score (nSPS) is 14.8. The van der Waals surface area contributed by atoms with Gasteiger partial charge in [-0.1, -0.05) is 29.8 Å². The van der Waals surface area contributed by atoms with Crippen LogP contribution in [0.2, 0.25) is 10.0 Å². The van der Waals surface area contributed by atoms with Gasteiger partial charge in [0.15, 0.2) is 18.5 Å². The Balaban J connectivity index is 1.24. The number of rotatable bonds is 8. The fourth-order valence-corrected chi connectivity index (χ4v) is 3.46. The summed E-state index contributed by atoms with van der Waals surface area (Å²) in [4.78, 5) is 24.8. The number of ether oxygens (including phenoxy) is 2. The molecule has 0 unspecified atom stereocenters. The number of Topliss-reactive ketones (excluding diaryl/α,β-unsaturated/α-hetero) is 1. The molecule has 3 aromatic rings. The molecule has 4 rings (SSSR count). The molecule has 1 atom stereocenters. The summed E-state index contributed by atoms with van der Waals surface area (Å²) >= 11 is 11.5. The number of hydrogen-bond donors (Lipinski definition) is 1. The highest BCUT2D eigenvalue weighted by atomic mass is 35.5. The van der Waals surface area contributed by atoms with Crippen LogP contribution >= 0.6 is 23.2 Å². The molecule has 176 valence electrons. The number of ketones is 1. The number of nitrogens with zero attached hydrogens (tertiary/aromatic N) is 2. The third kappa shape index (κ3) is 5.55. The number of aromatic nitrogens is 2. The Kier molecular flexibility index (Phi) is 7.14. The Hall–Kier alpha value is -3.43. The van der Waals surface area contributed by atoms with Crippen LogP contribution in [-0.2, 0) is 11.4 Å². The van der Waals surface area contributed by atoms with Crippen LogP contribution in [0.25, 0.3) is 5.57 Å². The number of nitrogens with one attached hydrogen (secondary N) is 1. The standard InChI is InChI=1S/C23H18Cl2FN3O5/c1-12(23-29-28-21(34-23)11-32-14-3-4-16(25)17(26)9-14)6-7-27-22(31)20-10-18(30)15-8-13(24)2-5-19(15)33-20/h2-5,8-9,20H,1,6-7,10-11H2,(H,27,31)/t20-/m1/s1. The fourth-order valence-electron chi connectivity index (χ4n) is 3.17. The zero-order valence-electron chi connectivity index (χ0n) is 17.6. The topological polar surface area (TPSA) is 104 Å². The van der Waals surface area contributed by atoms with E-state index in [4.69, 9.17) is 37.1 Å². The summed E-state index contributed by atoms with van der Waals surface area (Å²) in [5.41, 5.74) is 0.861. The lowest BCUT2D eigenvalue weighted by atomic mass is 10.0. The third-order valence-corrected chi connectivity index (χ3v) is 5.46. The van der Waals surface area contributed by atoms with Crippen molar-refractivity contribution in [2.45, 2.75) is 25.6 Å². The number of carbonyl (C=O) groups excluding carboxylic acids is 2. The first-order chi connectivity index (χ1) is 16.3. The van der Waals surface area contributed by atoms with E-state index >= 15 is 0 Å². The van der Waals surface area contributed by atoms with E-state index in [2.05, 4.69) is 22.1 Å². The molecule has 0 spiro atoms. The van der Waals surface area contributed by atoms with Crippen LogP contribution < -0.4 is 14.8 Å². The summed E-state index contributed by atoms with van der Waals surface area (Å²) in [6.45, 7) is 4.03. The Morgan fingerprint density at radius 3 is 2.85 bits per heavy atom. The van der Waals surface area contributed by atoms with Crippen molar-refractivity contribution in [3.05, 3.63) is 76.2 Å². The van der Waals surface area contributed by atoms with Gasteiger partial charge in [0.05, 0.1) is 17.0 Å². The first-order valence-corrected chi connectivity index (χ1v) is 10.9. The maximum atomic E-state index is 13.5. The average molecular weight is 506 g/mol. The second-order valence-corrected chi connectivity index (χ2v) is 8.23. The molecule has 1 aliphatic rings. The minimum atomic E-state index is -0.931. The van der Waals surface area contributed by atoms with E-state index < -0.39 is 17.8 Å². The van der Waals surface area contributed by atoms with Gasteiger partial charge in [-0.3, -0.25) is 9.59 Å². The molecule has 0 saturated heterocycles. The van der Waals surface area contributed by atoms with Crippen LogP contribution in [0.15, 0.2) is 47.4 Å². The average Bonchev–Trinajstić information content (AvgIpc) is 3.29. The molecule has 2 heterocycles. The van der Waals surface area contributed by atoms with Crippen LogP contribution in [0.4, 0.5) is 4.39 Å². The molecular weight excluding hydrogens is 488 g/mol. The lowest BCUT2D eigenvalue weighted by Crippen LogP contribution is -2.42. The number of fused-ring (bicyclic) bond motifs is 1. The minimum Gasteiger partial charge on any atom is -0.484 e. The van der Waals surface area contributed by atoms with E-state index in [1.165, 1.54) is 18.2 Å². The molecule has 1 aromatic heterocycles. The Morgan fingerprint density at radius 2 is 2.06 bits per heavy atom. The van der Waals surface area contributed by atoms with E-state index in [1.807, 2.05) is 0 Å². The monoisotopic (exact) mass is 505 g/mol. The highest BCUT2D eigenvalue weighted by Gasteiger charge is 2.31. The minimum absolute atomic E-state index is 0.00723. The van der Waals surface area contributed by atoms with Gasteiger partial charge in [0.2, 0.25) is 5.89 Å². The smallest absolute Gasteiger partial charge is 0.261 e. The van der Waals surface area contributed by atoms with Gasteiger partial charge >= 0.3 is 0 Å². The van der Waals surface area contributed by atoms with Crippen molar-refractivity contribution < 1.29 is 27.9 Å². The lowest BCUT2D eigenvalue weighted by Gasteiger charge is -2.24. The molecule has 8 nitrogen and oxygen atoms in total. The van der Waals surface area contributed by atoms with Crippen molar-refractivity contribution in [3.63, 3.8) is 0 Å². The summed E-state index contributed by atoms with van der Waals surface area (Å²) < 4.78 is 30.0. The van der Waals surface area contributed by atoms with Crippen LogP contribution in [0.5, 0.6) is 11.5 Å². The zero-order chi connectivity index (χ0) is 24.2. The molecule has 1 amide bonds. The highest BCUT2D eigenvalue weighted by molar-refractivity contribution is 6.31. The first kappa shape index (κ1) is 23.7. The van der Waals surface area contributed by atoms with Gasteiger partial charge in [-0.2, -0.15) is 0 Å². The quantitative estimate of drug-likeness (QED) is 0.475. The fraction of sp³-hybridized carbons (Fsp3) is 0.217. The van der Waals surface area contributed by atoms with Gasteiger partial charge in [-0.25, -0.2) is 4.39 Å². The van der Waals surface area contributed by atoms with Crippen molar-refractivity contribution in [2.24, 2.45) is 0 Å². The Morgan fingerprint density at radius 1 is 1.24 bits per heavy atom.